The van der Waals surface area contributed by atoms with Crippen molar-refractivity contribution in [1.82, 2.24) is 0 Å². The smallest absolute Gasteiger partial charge is 0.338 e. The molecule has 0 saturated carbocycles. The van der Waals surface area contributed by atoms with Crippen molar-refractivity contribution in [3.8, 4) is 0 Å². The van der Waals surface area contributed by atoms with Crippen molar-refractivity contribution >= 4 is 23.1 Å². The van der Waals surface area contributed by atoms with Crippen LogP contribution in [0.2, 0.25) is 0 Å². The fraction of sp³-hybridized carbons (Fsp3) is 0.250. The van der Waals surface area contributed by atoms with Gasteiger partial charge in [0.2, 0.25) is 0 Å². The van der Waals surface area contributed by atoms with E-state index < -0.39 is 11.9 Å². The van der Waals surface area contributed by atoms with Crippen molar-refractivity contribution < 1.29 is 19.1 Å². The minimum absolute atomic E-state index is 0.241. The summed E-state index contributed by atoms with van der Waals surface area (Å²) in [6.45, 7) is 11.4. The molecule has 0 bridgehead atoms. The minimum atomic E-state index is -0.480. The monoisotopic (exact) mass is 274 g/mol. The third-order valence-electron chi connectivity index (χ3n) is 2.60. The van der Waals surface area contributed by atoms with Gasteiger partial charge in [0.15, 0.2) is 0 Å². The highest BCUT2D eigenvalue weighted by Crippen LogP contribution is 2.20. The minimum Gasteiger partial charge on any atom is -0.462 e. The fourth-order valence-corrected chi connectivity index (χ4v) is 1.57. The summed E-state index contributed by atoms with van der Waals surface area (Å²) in [5, 5.41) is 0. The van der Waals surface area contributed by atoms with Crippen LogP contribution >= 0.6 is 0 Å². The molecule has 0 atom stereocenters. The molecule has 0 unspecified atom stereocenters. The lowest BCUT2D eigenvalue weighted by molar-refractivity contribution is -0.136. The number of hydrogen-bond acceptors (Lipinski definition) is 4. The van der Waals surface area contributed by atoms with E-state index in [2.05, 4.69) is 13.2 Å². The first-order chi connectivity index (χ1) is 9.51. The highest BCUT2D eigenvalue weighted by atomic mass is 16.5. The zero-order valence-electron chi connectivity index (χ0n) is 11.8. The van der Waals surface area contributed by atoms with E-state index in [1.165, 1.54) is 0 Å². The van der Waals surface area contributed by atoms with Crippen molar-refractivity contribution in [2.24, 2.45) is 0 Å². The quantitative estimate of drug-likeness (QED) is 0.591. The largest absolute Gasteiger partial charge is 0.462 e. The van der Waals surface area contributed by atoms with Gasteiger partial charge in [-0.25, -0.2) is 9.59 Å². The van der Waals surface area contributed by atoms with E-state index in [0.29, 0.717) is 11.1 Å². The summed E-state index contributed by atoms with van der Waals surface area (Å²) >= 11 is 0. The van der Waals surface area contributed by atoms with E-state index in [9.17, 15) is 9.59 Å². The summed E-state index contributed by atoms with van der Waals surface area (Å²) in [7, 11) is 0. The molecule has 0 aliphatic rings. The number of carbonyl (C=O) groups is 2. The Morgan fingerprint density at radius 1 is 0.950 bits per heavy atom. The van der Waals surface area contributed by atoms with Crippen LogP contribution in [0.25, 0.3) is 11.1 Å². The van der Waals surface area contributed by atoms with Gasteiger partial charge in [-0.05, 0) is 31.0 Å². The lowest BCUT2D eigenvalue weighted by Gasteiger charge is -2.09. The maximum Gasteiger partial charge on any atom is 0.338 e. The summed E-state index contributed by atoms with van der Waals surface area (Å²) in [6.07, 6.45) is 0. The molecule has 0 spiro atoms. The first-order valence-corrected chi connectivity index (χ1v) is 6.34. The van der Waals surface area contributed by atoms with Crippen molar-refractivity contribution in [2.75, 3.05) is 13.2 Å². The van der Waals surface area contributed by atoms with E-state index in [4.69, 9.17) is 9.47 Å². The van der Waals surface area contributed by atoms with Crippen LogP contribution in [0.15, 0.2) is 37.4 Å². The molecule has 0 aliphatic carbocycles. The van der Waals surface area contributed by atoms with Crippen molar-refractivity contribution in [1.29, 1.82) is 0 Å². The Hall–Kier alpha value is -2.36. The molecule has 4 nitrogen and oxygen atoms in total. The standard InChI is InChI=1S/C16H18O4/c1-5-19-15(17)11(3)13-8-7-9-14(10-13)12(4)16(18)20-6-2/h7-10H,3-6H2,1-2H3. The summed E-state index contributed by atoms with van der Waals surface area (Å²) in [5.41, 5.74) is 1.66. The van der Waals surface area contributed by atoms with Crippen molar-refractivity contribution in [3.63, 3.8) is 0 Å². The number of rotatable bonds is 6. The van der Waals surface area contributed by atoms with E-state index in [-0.39, 0.29) is 24.4 Å². The van der Waals surface area contributed by atoms with Gasteiger partial charge in [-0.15, -0.1) is 0 Å². The highest BCUT2D eigenvalue weighted by molar-refractivity contribution is 6.18. The average molecular weight is 274 g/mol. The Labute approximate surface area is 118 Å². The molecule has 106 valence electrons. The summed E-state index contributed by atoms with van der Waals surface area (Å²) in [6, 6.07) is 6.83. The van der Waals surface area contributed by atoms with Gasteiger partial charge >= 0.3 is 11.9 Å². The Morgan fingerprint density at radius 3 is 1.70 bits per heavy atom. The first-order valence-electron chi connectivity index (χ1n) is 6.34. The second-order valence-corrected chi connectivity index (χ2v) is 3.98. The van der Waals surface area contributed by atoms with Gasteiger partial charge < -0.3 is 9.47 Å². The predicted octanol–water partition coefficient (Wildman–Crippen LogP) is 2.84. The zero-order chi connectivity index (χ0) is 15.1. The Bertz CT molecular complexity index is 498. The lowest BCUT2D eigenvalue weighted by Crippen LogP contribution is -2.08. The number of benzene rings is 1. The SMILES string of the molecule is C=C(C(=O)OCC)c1cccc(C(=C)C(=O)OCC)c1. The molecule has 1 rings (SSSR count). The maximum atomic E-state index is 11.6. The van der Waals surface area contributed by atoms with Gasteiger partial charge in [0.25, 0.3) is 0 Å². The third-order valence-corrected chi connectivity index (χ3v) is 2.60. The summed E-state index contributed by atoms with van der Waals surface area (Å²) in [4.78, 5) is 23.3. The maximum absolute atomic E-state index is 11.6. The lowest BCUT2D eigenvalue weighted by atomic mass is 10.0. The Balaban J connectivity index is 2.96. The molecule has 20 heavy (non-hydrogen) atoms. The molecule has 1 aromatic rings. The molecule has 0 aliphatic heterocycles. The fourth-order valence-electron chi connectivity index (χ4n) is 1.57. The van der Waals surface area contributed by atoms with Crippen LogP contribution in [0.3, 0.4) is 0 Å². The van der Waals surface area contributed by atoms with Gasteiger partial charge in [-0.1, -0.05) is 31.4 Å². The van der Waals surface area contributed by atoms with Crippen LogP contribution in [0, 0.1) is 0 Å². The van der Waals surface area contributed by atoms with Gasteiger partial charge in [0.1, 0.15) is 0 Å². The highest BCUT2D eigenvalue weighted by Gasteiger charge is 2.14. The second kappa shape index (κ2) is 7.28. The molecule has 0 radical (unpaired) electrons. The van der Waals surface area contributed by atoms with Crippen LogP contribution in [0.1, 0.15) is 25.0 Å². The van der Waals surface area contributed by atoms with Crippen LogP contribution in [0.5, 0.6) is 0 Å². The first kappa shape index (κ1) is 15.7. The van der Waals surface area contributed by atoms with E-state index in [1.807, 2.05) is 0 Å². The molecule has 0 N–H and O–H groups in total. The zero-order valence-corrected chi connectivity index (χ0v) is 11.8. The molecule has 0 aromatic heterocycles. The second-order valence-electron chi connectivity index (χ2n) is 3.98. The molecular weight excluding hydrogens is 256 g/mol. The third kappa shape index (κ3) is 3.82. The van der Waals surface area contributed by atoms with E-state index in [0.717, 1.165) is 0 Å². The molecule has 1 aromatic carbocycles. The Kier molecular flexibility index (Phi) is 5.72. The number of esters is 2. The van der Waals surface area contributed by atoms with Crippen LogP contribution in [-0.2, 0) is 19.1 Å². The molecule has 4 heteroatoms. The molecule has 0 heterocycles. The van der Waals surface area contributed by atoms with Crippen LogP contribution in [0.4, 0.5) is 0 Å². The molecule has 0 fully saturated rings. The molecule has 0 amide bonds. The van der Waals surface area contributed by atoms with E-state index in [1.54, 1.807) is 38.1 Å². The average Bonchev–Trinajstić information content (AvgIpc) is 2.46. The number of hydrogen-bond donors (Lipinski definition) is 0. The topological polar surface area (TPSA) is 52.6 Å². The van der Waals surface area contributed by atoms with Gasteiger partial charge in [-0.2, -0.15) is 0 Å². The summed E-state index contributed by atoms with van der Waals surface area (Å²) < 4.78 is 9.78. The van der Waals surface area contributed by atoms with Crippen molar-refractivity contribution in [2.45, 2.75) is 13.8 Å². The molecule has 0 saturated heterocycles. The van der Waals surface area contributed by atoms with Crippen LogP contribution in [-0.4, -0.2) is 25.2 Å². The Morgan fingerprint density at radius 2 is 1.35 bits per heavy atom. The number of ether oxygens (including phenoxy) is 2. The molecular formula is C16H18O4. The van der Waals surface area contributed by atoms with E-state index >= 15 is 0 Å². The van der Waals surface area contributed by atoms with Gasteiger partial charge in [0.05, 0.1) is 24.4 Å². The number of carbonyl (C=O) groups excluding carboxylic acids is 2. The normalized spacial score (nSPS) is 9.70. The van der Waals surface area contributed by atoms with Crippen molar-refractivity contribution in [3.05, 3.63) is 48.6 Å². The van der Waals surface area contributed by atoms with Gasteiger partial charge in [0, 0.05) is 0 Å². The van der Waals surface area contributed by atoms with Crippen LogP contribution < -0.4 is 0 Å². The summed E-state index contributed by atoms with van der Waals surface area (Å²) in [5.74, 6) is -0.960. The van der Waals surface area contributed by atoms with Gasteiger partial charge in [-0.3, -0.25) is 0 Å². The predicted molar refractivity (Wildman–Crippen MR) is 77.8 cm³/mol.